The molecule has 9 heteroatoms. The predicted octanol–water partition coefficient (Wildman–Crippen LogP) is 4.43. The summed E-state index contributed by atoms with van der Waals surface area (Å²) < 4.78 is 50.9. The van der Waals surface area contributed by atoms with Gasteiger partial charge in [0.2, 0.25) is 0 Å². The van der Waals surface area contributed by atoms with Gasteiger partial charge in [0.25, 0.3) is 0 Å². The van der Waals surface area contributed by atoms with Crippen molar-refractivity contribution in [2.24, 2.45) is 0 Å². The highest BCUT2D eigenvalue weighted by molar-refractivity contribution is 7.80. The quantitative estimate of drug-likeness (QED) is 0.724. The highest BCUT2D eigenvalue weighted by atomic mass is 32.1. The zero-order valence-corrected chi connectivity index (χ0v) is 15.8. The molecule has 0 fully saturated rings. The Kier molecular flexibility index (Phi) is 6.73. The van der Waals surface area contributed by atoms with Gasteiger partial charge in [-0.1, -0.05) is 0 Å². The van der Waals surface area contributed by atoms with Crippen LogP contribution >= 0.6 is 12.2 Å². The van der Waals surface area contributed by atoms with E-state index in [0.29, 0.717) is 28.8 Å². The Bertz CT molecular complexity index is 782. The van der Waals surface area contributed by atoms with E-state index in [1.165, 1.54) is 24.3 Å². The van der Waals surface area contributed by atoms with E-state index in [0.717, 1.165) is 5.56 Å². The third kappa shape index (κ3) is 6.21. The molecule has 0 unspecified atom stereocenters. The topological polar surface area (TPSA) is 43.0 Å². The molecule has 2 aromatic carbocycles. The number of hydrogen-bond donors (Lipinski definition) is 1. The number of benzene rings is 2. The van der Waals surface area contributed by atoms with Crippen LogP contribution in [0.2, 0.25) is 0 Å². The van der Waals surface area contributed by atoms with Crippen molar-refractivity contribution < 1.29 is 27.4 Å². The van der Waals surface area contributed by atoms with E-state index in [9.17, 15) is 13.2 Å². The molecule has 146 valence electrons. The van der Waals surface area contributed by atoms with Gasteiger partial charge in [-0.05, 0) is 48.6 Å². The Morgan fingerprint density at radius 3 is 2.22 bits per heavy atom. The Labute approximate surface area is 160 Å². The first-order valence-corrected chi connectivity index (χ1v) is 8.21. The molecule has 0 saturated carbocycles. The summed E-state index contributed by atoms with van der Waals surface area (Å²) in [6, 6.07) is 10.8. The third-order valence-corrected chi connectivity index (χ3v) is 4.00. The first-order chi connectivity index (χ1) is 12.7. The molecule has 0 aromatic heterocycles. The van der Waals surface area contributed by atoms with Crippen molar-refractivity contribution in [1.29, 1.82) is 0 Å². The van der Waals surface area contributed by atoms with E-state index in [1.54, 1.807) is 32.2 Å². The van der Waals surface area contributed by atoms with Gasteiger partial charge >= 0.3 is 6.36 Å². The van der Waals surface area contributed by atoms with Gasteiger partial charge in [-0.15, -0.1) is 13.2 Å². The molecule has 2 rings (SSSR count). The highest BCUT2D eigenvalue weighted by Gasteiger charge is 2.30. The van der Waals surface area contributed by atoms with Crippen LogP contribution in [0.4, 0.5) is 18.9 Å². The van der Waals surface area contributed by atoms with E-state index < -0.39 is 6.36 Å². The van der Waals surface area contributed by atoms with Crippen LogP contribution in [0.5, 0.6) is 17.2 Å². The van der Waals surface area contributed by atoms with Crippen molar-refractivity contribution in [3.05, 3.63) is 48.0 Å². The minimum Gasteiger partial charge on any atom is -0.497 e. The van der Waals surface area contributed by atoms with Crippen LogP contribution in [-0.2, 0) is 6.54 Å². The van der Waals surface area contributed by atoms with Gasteiger partial charge in [-0.25, -0.2) is 0 Å². The van der Waals surface area contributed by atoms with Gasteiger partial charge in [0.1, 0.15) is 17.2 Å². The smallest absolute Gasteiger partial charge is 0.497 e. The number of hydrogen-bond acceptors (Lipinski definition) is 4. The standard InChI is InChI=1S/C18H19F3N2O3S/c1-23(11-12-4-7-15(24-2)10-16(12)25-3)17(27)22-13-5-8-14(9-6-13)26-18(19,20)21/h4-10H,11H2,1-3H3,(H,22,27). The first kappa shape index (κ1) is 20.6. The lowest BCUT2D eigenvalue weighted by Crippen LogP contribution is -2.30. The van der Waals surface area contributed by atoms with Crippen molar-refractivity contribution in [2.75, 3.05) is 26.6 Å². The summed E-state index contributed by atoms with van der Waals surface area (Å²) in [7, 11) is 4.93. The maximum absolute atomic E-state index is 12.2. The van der Waals surface area contributed by atoms with E-state index in [1.807, 2.05) is 12.1 Å². The minimum absolute atomic E-state index is 0.296. The molecule has 0 spiro atoms. The van der Waals surface area contributed by atoms with E-state index in [4.69, 9.17) is 21.7 Å². The van der Waals surface area contributed by atoms with Crippen LogP contribution in [0.3, 0.4) is 0 Å². The maximum atomic E-state index is 12.2. The lowest BCUT2D eigenvalue weighted by molar-refractivity contribution is -0.274. The van der Waals surface area contributed by atoms with Gasteiger partial charge in [0.15, 0.2) is 5.11 Å². The number of nitrogens with one attached hydrogen (secondary N) is 1. The zero-order chi connectivity index (χ0) is 20.0. The number of ether oxygens (including phenoxy) is 3. The summed E-state index contributed by atoms with van der Waals surface area (Å²) >= 11 is 5.34. The Balaban J connectivity index is 1.99. The van der Waals surface area contributed by atoms with Crippen LogP contribution < -0.4 is 19.5 Å². The molecule has 5 nitrogen and oxygen atoms in total. The van der Waals surface area contributed by atoms with Crippen LogP contribution in [0.1, 0.15) is 5.56 Å². The molecule has 2 aromatic rings. The van der Waals surface area contributed by atoms with E-state index in [2.05, 4.69) is 10.1 Å². The largest absolute Gasteiger partial charge is 0.573 e. The van der Waals surface area contributed by atoms with Crippen molar-refractivity contribution in [1.82, 2.24) is 4.90 Å². The van der Waals surface area contributed by atoms with Gasteiger partial charge in [-0.3, -0.25) is 0 Å². The van der Waals surface area contributed by atoms with Crippen LogP contribution in [-0.4, -0.2) is 37.6 Å². The second-order valence-corrected chi connectivity index (χ2v) is 5.92. The molecule has 0 amide bonds. The molecule has 0 aliphatic heterocycles. The Hall–Kier alpha value is -2.68. The summed E-state index contributed by atoms with van der Waals surface area (Å²) in [6.45, 7) is 0.467. The van der Waals surface area contributed by atoms with Crippen LogP contribution in [0.15, 0.2) is 42.5 Å². The number of rotatable bonds is 6. The van der Waals surface area contributed by atoms with Gasteiger partial charge in [0, 0.05) is 30.9 Å². The average molecular weight is 400 g/mol. The lowest BCUT2D eigenvalue weighted by Gasteiger charge is -2.22. The molecular formula is C18H19F3N2O3S. The number of methoxy groups -OCH3 is 2. The fraction of sp³-hybridized carbons (Fsp3) is 0.278. The first-order valence-electron chi connectivity index (χ1n) is 7.80. The molecule has 0 radical (unpaired) electrons. The van der Waals surface area contributed by atoms with Gasteiger partial charge < -0.3 is 24.4 Å². The van der Waals surface area contributed by atoms with Gasteiger partial charge in [0.05, 0.1) is 14.2 Å². The molecule has 27 heavy (non-hydrogen) atoms. The zero-order valence-electron chi connectivity index (χ0n) is 15.0. The SMILES string of the molecule is COc1ccc(CN(C)C(=S)Nc2ccc(OC(F)(F)F)cc2)c(OC)c1. The van der Waals surface area contributed by atoms with Crippen molar-refractivity contribution in [3.8, 4) is 17.2 Å². The Morgan fingerprint density at radius 2 is 1.67 bits per heavy atom. The maximum Gasteiger partial charge on any atom is 0.573 e. The molecule has 0 aliphatic rings. The summed E-state index contributed by atoms with van der Waals surface area (Å²) in [4.78, 5) is 1.78. The van der Waals surface area contributed by atoms with E-state index >= 15 is 0 Å². The number of alkyl halides is 3. The fourth-order valence-corrected chi connectivity index (χ4v) is 2.45. The normalized spacial score (nSPS) is 10.9. The second kappa shape index (κ2) is 8.81. The monoisotopic (exact) mass is 400 g/mol. The Morgan fingerprint density at radius 1 is 1.04 bits per heavy atom. The van der Waals surface area contributed by atoms with Crippen molar-refractivity contribution >= 4 is 23.0 Å². The molecular weight excluding hydrogens is 381 g/mol. The number of anilines is 1. The summed E-state index contributed by atoms with van der Waals surface area (Å²) in [5, 5.41) is 3.37. The predicted molar refractivity (Wildman–Crippen MR) is 100 cm³/mol. The summed E-state index contributed by atoms with van der Waals surface area (Å²) in [5.41, 5.74) is 1.45. The molecule has 0 atom stereocenters. The van der Waals surface area contributed by atoms with Crippen molar-refractivity contribution in [3.63, 3.8) is 0 Å². The molecule has 0 bridgehead atoms. The summed E-state index contributed by atoms with van der Waals surface area (Å²) in [5.74, 6) is 1.05. The van der Waals surface area contributed by atoms with Gasteiger partial charge in [-0.2, -0.15) is 0 Å². The second-order valence-electron chi connectivity index (χ2n) is 5.54. The lowest BCUT2D eigenvalue weighted by atomic mass is 10.2. The molecule has 0 aliphatic carbocycles. The van der Waals surface area contributed by atoms with Crippen LogP contribution in [0, 0.1) is 0 Å². The number of thiocarbonyl (C=S) groups is 1. The number of nitrogens with zero attached hydrogens (tertiary/aromatic N) is 1. The highest BCUT2D eigenvalue weighted by Crippen LogP contribution is 2.26. The molecule has 0 heterocycles. The third-order valence-electron chi connectivity index (χ3n) is 3.59. The average Bonchev–Trinajstić information content (AvgIpc) is 2.62. The fourth-order valence-electron chi connectivity index (χ4n) is 2.27. The van der Waals surface area contributed by atoms with Crippen LogP contribution in [0.25, 0.3) is 0 Å². The van der Waals surface area contributed by atoms with Crippen molar-refractivity contribution in [2.45, 2.75) is 12.9 Å². The minimum atomic E-state index is -4.72. The molecule has 1 N–H and O–H groups in total. The summed E-state index contributed by atoms with van der Waals surface area (Å²) in [6.07, 6.45) is -4.72. The number of halogens is 3. The molecule has 0 saturated heterocycles. The van der Waals surface area contributed by atoms with E-state index in [-0.39, 0.29) is 5.75 Å².